The third-order valence-corrected chi connectivity index (χ3v) is 7.25. The van der Waals surface area contributed by atoms with Crippen LogP contribution in [0.25, 0.3) is 0 Å². The molecule has 1 fully saturated rings. The van der Waals surface area contributed by atoms with E-state index in [9.17, 15) is 10.2 Å². The van der Waals surface area contributed by atoms with E-state index in [1.807, 2.05) is 36.4 Å². The number of hydrogen-bond donors (Lipinski definition) is 3. The van der Waals surface area contributed by atoms with Crippen molar-refractivity contribution >= 4 is 34.4 Å². The Morgan fingerprint density at radius 2 is 1.80 bits per heavy atom. The van der Waals surface area contributed by atoms with E-state index in [1.54, 1.807) is 11.8 Å². The number of rotatable bonds is 8. The van der Waals surface area contributed by atoms with Crippen LogP contribution in [0.1, 0.15) is 24.0 Å². The van der Waals surface area contributed by atoms with Crippen LogP contribution in [-0.4, -0.2) is 39.3 Å². The number of piperidine rings is 1. The second kappa shape index (κ2) is 10.3. The highest BCUT2D eigenvalue weighted by Gasteiger charge is 2.22. The minimum absolute atomic E-state index is 0.0305. The van der Waals surface area contributed by atoms with E-state index in [0.717, 1.165) is 52.0 Å². The standard InChI is InChI=1S/C22H26N4O2S2/c27-14-16-6-5-11-26(13-16)22-24-21(25-30-22)23-12-17-7-1-3-9-19(17)29-20-10-4-2-8-18(20)15-28/h1-4,7-10,16,27-28H,5-6,11-15H2,(H,23,25). The van der Waals surface area contributed by atoms with Gasteiger partial charge in [-0.3, -0.25) is 0 Å². The fourth-order valence-electron chi connectivity index (χ4n) is 3.58. The predicted octanol–water partition coefficient (Wildman–Crippen LogP) is 4.00. The summed E-state index contributed by atoms with van der Waals surface area (Å²) in [6.07, 6.45) is 2.15. The van der Waals surface area contributed by atoms with Crippen molar-refractivity contribution in [3.05, 3.63) is 59.7 Å². The van der Waals surface area contributed by atoms with Gasteiger partial charge in [-0.2, -0.15) is 9.36 Å². The fourth-order valence-corrected chi connectivity index (χ4v) is 5.33. The number of aromatic nitrogens is 2. The number of hydrogen-bond acceptors (Lipinski definition) is 8. The van der Waals surface area contributed by atoms with Gasteiger partial charge in [-0.25, -0.2) is 0 Å². The minimum Gasteiger partial charge on any atom is -0.396 e. The van der Waals surface area contributed by atoms with Crippen LogP contribution in [0.5, 0.6) is 0 Å². The van der Waals surface area contributed by atoms with Gasteiger partial charge in [0, 0.05) is 47.6 Å². The van der Waals surface area contributed by atoms with Crippen LogP contribution in [0.4, 0.5) is 11.1 Å². The molecule has 0 aliphatic carbocycles. The largest absolute Gasteiger partial charge is 0.396 e. The molecule has 8 heteroatoms. The Bertz CT molecular complexity index is 966. The summed E-state index contributed by atoms with van der Waals surface area (Å²) in [6.45, 7) is 2.70. The van der Waals surface area contributed by atoms with Crippen molar-refractivity contribution < 1.29 is 10.2 Å². The molecular formula is C22H26N4O2S2. The monoisotopic (exact) mass is 442 g/mol. The zero-order chi connectivity index (χ0) is 20.8. The maximum absolute atomic E-state index is 9.60. The zero-order valence-corrected chi connectivity index (χ0v) is 18.3. The number of aliphatic hydroxyl groups excluding tert-OH is 2. The fraction of sp³-hybridized carbons (Fsp3) is 0.364. The molecule has 2 aromatic carbocycles. The lowest BCUT2D eigenvalue weighted by Gasteiger charge is -2.31. The first-order valence-electron chi connectivity index (χ1n) is 10.1. The molecule has 0 saturated carbocycles. The maximum atomic E-state index is 9.60. The van der Waals surface area contributed by atoms with Gasteiger partial charge in [0.15, 0.2) is 0 Å². The highest BCUT2D eigenvalue weighted by atomic mass is 32.2. The normalized spacial score (nSPS) is 16.6. The maximum Gasteiger partial charge on any atom is 0.236 e. The average Bonchev–Trinajstić information content (AvgIpc) is 3.28. The molecule has 1 aliphatic rings. The van der Waals surface area contributed by atoms with Crippen molar-refractivity contribution in [1.82, 2.24) is 9.36 Å². The Hall–Kier alpha value is -2.13. The average molecular weight is 443 g/mol. The molecule has 1 aromatic heterocycles. The molecule has 3 N–H and O–H groups in total. The van der Waals surface area contributed by atoms with E-state index >= 15 is 0 Å². The summed E-state index contributed by atoms with van der Waals surface area (Å²) < 4.78 is 4.47. The molecule has 6 nitrogen and oxygen atoms in total. The molecule has 30 heavy (non-hydrogen) atoms. The molecule has 0 spiro atoms. The van der Waals surface area contributed by atoms with Crippen molar-refractivity contribution in [2.75, 3.05) is 29.9 Å². The van der Waals surface area contributed by atoms with E-state index in [0.29, 0.717) is 18.4 Å². The second-order valence-electron chi connectivity index (χ2n) is 7.37. The Labute approximate surface area is 185 Å². The SMILES string of the molecule is OCc1ccccc1Sc1ccccc1CNc1nsc(N2CCCC(CO)C2)n1. The van der Waals surface area contributed by atoms with Crippen molar-refractivity contribution in [1.29, 1.82) is 0 Å². The Kier molecular flexibility index (Phi) is 7.22. The van der Waals surface area contributed by atoms with Crippen LogP contribution in [0.3, 0.4) is 0 Å². The molecule has 3 aromatic rings. The van der Waals surface area contributed by atoms with Gasteiger partial charge in [-0.15, -0.1) is 0 Å². The van der Waals surface area contributed by atoms with E-state index in [4.69, 9.17) is 0 Å². The topological polar surface area (TPSA) is 81.5 Å². The van der Waals surface area contributed by atoms with Crippen LogP contribution in [0.15, 0.2) is 58.3 Å². The van der Waals surface area contributed by atoms with Crippen molar-refractivity contribution in [3.8, 4) is 0 Å². The summed E-state index contributed by atoms with van der Waals surface area (Å²) >= 11 is 3.06. The quantitative estimate of drug-likeness (QED) is 0.486. The number of nitrogens with one attached hydrogen (secondary N) is 1. The number of aliphatic hydroxyl groups is 2. The van der Waals surface area contributed by atoms with Gasteiger partial charge in [0.05, 0.1) is 6.61 Å². The molecular weight excluding hydrogens is 416 g/mol. The van der Waals surface area contributed by atoms with Crippen molar-refractivity contribution in [2.45, 2.75) is 35.8 Å². The minimum atomic E-state index is 0.0305. The molecule has 1 aliphatic heterocycles. The van der Waals surface area contributed by atoms with Gasteiger partial charge in [0.1, 0.15) is 0 Å². The van der Waals surface area contributed by atoms with Gasteiger partial charge < -0.3 is 20.4 Å². The van der Waals surface area contributed by atoms with Gasteiger partial charge in [-0.1, -0.05) is 48.2 Å². The lowest BCUT2D eigenvalue weighted by Crippen LogP contribution is -2.36. The summed E-state index contributed by atoms with van der Waals surface area (Å²) in [6, 6.07) is 16.2. The highest BCUT2D eigenvalue weighted by molar-refractivity contribution is 7.99. The first-order valence-corrected chi connectivity index (χ1v) is 11.7. The van der Waals surface area contributed by atoms with Gasteiger partial charge in [0.2, 0.25) is 11.1 Å². The summed E-state index contributed by atoms with van der Waals surface area (Å²) in [5, 5.41) is 23.3. The van der Waals surface area contributed by atoms with Crippen LogP contribution < -0.4 is 10.2 Å². The molecule has 2 heterocycles. The van der Waals surface area contributed by atoms with Crippen molar-refractivity contribution in [2.24, 2.45) is 5.92 Å². The third kappa shape index (κ3) is 5.13. The molecule has 4 rings (SSSR count). The molecule has 1 saturated heterocycles. The van der Waals surface area contributed by atoms with Crippen molar-refractivity contribution in [3.63, 3.8) is 0 Å². The lowest BCUT2D eigenvalue weighted by atomic mass is 10.00. The molecule has 0 bridgehead atoms. The summed E-state index contributed by atoms with van der Waals surface area (Å²) in [4.78, 5) is 9.09. The van der Waals surface area contributed by atoms with Gasteiger partial charge >= 0.3 is 0 Å². The molecule has 158 valence electrons. The first kappa shape index (κ1) is 21.1. The molecule has 1 atom stereocenters. The molecule has 0 radical (unpaired) electrons. The number of nitrogens with zero attached hydrogens (tertiary/aromatic N) is 3. The van der Waals surface area contributed by atoms with Crippen LogP contribution >= 0.6 is 23.3 Å². The van der Waals surface area contributed by atoms with Gasteiger partial charge in [-0.05, 0) is 42.0 Å². The first-order chi connectivity index (χ1) is 14.8. The third-order valence-electron chi connectivity index (χ3n) is 5.24. The Morgan fingerprint density at radius 3 is 2.57 bits per heavy atom. The lowest BCUT2D eigenvalue weighted by molar-refractivity contribution is 0.208. The van der Waals surface area contributed by atoms with E-state index < -0.39 is 0 Å². The summed E-state index contributed by atoms with van der Waals surface area (Å²) in [5.74, 6) is 0.960. The van der Waals surface area contributed by atoms with E-state index in [-0.39, 0.29) is 13.2 Å². The van der Waals surface area contributed by atoms with E-state index in [2.05, 4.69) is 31.7 Å². The second-order valence-corrected chi connectivity index (χ2v) is 9.18. The van der Waals surface area contributed by atoms with Crippen LogP contribution in [-0.2, 0) is 13.2 Å². The predicted molar refractivity (Wildman–Crippen MR) is 122 cm³/mol. The van der Waals surface area contributed by atoms with E-state index in [1.165, 1.54) is 11.5 Å². The smallest absolute Gasteiger partial charge is 0.236 e. The Balaban J connectivity index is 1.42. The Morgan fingerprint density at radius 1 is 1.07 bits per heavy atom. The number of anilines is 2. The zero-order valence-electron chi connectivity index (χ0n) is 16.7. The van der Waals surface area contributed by atoms with Crippen LogP contribution in [0, 0.1) is 5.92 Å². The molecule has 1 unspecified atom stereocenters. The highest BCUT2D eigenvalue weighted by Crippen LogP contribution is 2.33. The van der Waals surface area contributed by atoms with Crippen LogP contribution in [0.2, 0.25) is 0 Å². The summed E-state index contributed by atoms with van der Waals surface area (Å²) in [5.41, 5.74) is 2.09. The molecule has 0 amide bonds. The van der Waals surface area contributed by atoms with Gasteiger partial charge in [0.25, 0.3) is 0 Å². The summed E-state index contributed by atoms with van der Waals surface area (Å²) in [7, 11) is 0. The number of benzene rings is 2.